The van der Waals surface area contributed by atoms with E-state index in [1.54, 1.807) is 26.8 Å². The third-order valence-electron chi connectivity index (χ3n) is 10.3. The Morgan fingerprint density at radius 3 is 2.61 bits per heavy atom. The summed E-state index contributed by atoms with van der Waals surface area (Å²) in [5.41, 5.74) is -5.52. The van der Waals surface area contributed by atoms with Crippen LogP contribution < -0.4 is 5.32 Å². The Morgan fingerprint density at radius 2 is 1.89 bits per heavy atom. The standard InChI is InChI=1S/C29H42FNO7/c1-18-14-22-21-9-8-19-15-20(33)10-11-26(19,2)28(21,30)23(34)16-27(22,3)29(18,37)24(35)17-38-25(36)31-12-6-4-5-7-13-32/h8,10-11,18,21-23,32,34,37H,4-7,9,12-17H2,1-3H3,(H,31,36)/t18-,21?,22?,23?,26?,27?,28+,29+/m1/s1. The number of aliphatic hydroxyl groups is 3. The lowest BCUT2D eigenvalue weighted by Gasteiger charge is -2.62. The largest absolute Gasteiger partial charge is 0.441 e. The van der Waals surface area contributed by atoms with Crippen molar-refractivity contribution in [1.82, 2.24) is 5.32 Å². The number of alkyl halides is 1. The van der Waals surface area contributed by atoms with Crippen LogP contribution in [0.25, 0.3) is 0 Å². The van der Waals surface area contributed by atoms with Crippen molar-refractivity contribution >= 4 is 17.7 Å². The van der Waals surface area contributed by atoms with E-state index in [4.69, 9.17) is 9.84 Å². The molecule has 0 aromatic carbocycles. The average molecular weight is 536 g/mol. The van der Waals surface area contributed by atoms with Crippen molar-refractivity contribution in [2.45, 2.75) is 89.5 Å². The highest BCUT2D eigenvalue weighted by molar-refractivity contribution is 5.94. The molecule has 5 unspecified atom stereocenters. The van der Waals surface area contributed by atoms with E-state index < -0.39 is 64.4 Å². The summed E-state index contributed by atoms with van der Waals surface area (Å²) in [7, 11) is 0. The van der Waals surface area contributed by atoms with Crippen LogP contribution in [0.4, 0.5) is 9.18 Å². The van der Waals surface area contributed by atoms with Gasteiger partial charge in [0, 0.05) is 36.3 Å². The van der Waals surface area contributed by atoms with Gasteiger partial charge in [0.2, 0.25) is 5.78 Å². The number of Topliss-reactive ketones (excluding diaryl/α,β-unsaturated/α-hetero) is 1. The number of nitrogens with one attached hydrogen (secondary N) is 1. The van der Waals surface area contributed by atoms with Gasteiger partial charge in [-0.05, 0) is 56.9 Å². The molecule has 4 rings (SSSR count). The number of ether oxygens (including phenoxy) is 1. The molecule has 4 aliphatic rings. The first kappa shape index (κ1) is 28.9. The van der Waals surface area contributed by atoms with E-state index in [-0.39, 0.29) is 25.2 Å². The van der Waals surface area contributed by atoms with Crippen molar-refractivity contribution < 1.29 is 38.8 Å². The molecular weight excluding hydrogens is 493 g/mol. The Kier molecular flexibility index (Phi) is 7.96. The number of fused-ring (bicyclic) bond motifs is 5. The predicted octanol–water partition coefficient (Wildman–Crippen LogP) is 3.18. The van der Waals surface area contributed by atoms with Gasteiger partial charge in [-0.2, -0.15) is 0 Å². The SMILES string of the molecule is C[C@@H]1CC2C3CC=C4CC(=O)C=CC4(C)[C@@]3(F)C(O)CC2(C)[C@@]1(O)C(=O)COC(=O)NCCCCCCO. The summed E-state index contributed by atoms with van der Waals surface area (Å²) < 4.78 is 22.4. The molecule has 38 heavy (non-hydrogen) atoms. The molecular formula is C29H42FNO7. The zero-order valence-corrected chi connectivity index (χ0v) is 22.7. The Balaban J connectivity index is 1.49. The van der Waals surface area contributed by atoms with E-state index >= 15 is 4.39 Å². The highest BCUT2D eigenvalue weighted by Crippen LogP contribution is 2.70. The number of amides is 1. The number of carbonyl (C=O) groups excluding carboxylic acids is 3. The molecule has 0 aliphatic heterocycles. The van der Waals surface area contributed by atoms with Crippen LogP contribution in [0.3, 0.4) is 0 Å². The van der Waals surface area contributed by atoms with Crippen molar-refractivity contribution in [3.05, 3.63) is 23.8 Å². The van der Waals surface area contributed by atoms with Gasteiger partial charge in [-0.1, -0.05) is 44.4 Å². The maximum absolute atomic E-state index is 17.2. The maximum atomic E-state index is 17.2. The lowest BCUT2D eigenvalue weighted by Crippen LogP contribution is -2.69. The van der Waals surface area contributed by atoms with Gasteiger partial charge in [0.25, 0.3) is 0 Å². The highest BCUT2D eigenvalue weighted by Gasteiger charge is 2.75. The fourth-order valence-electron chi connectivity index (χ4n) is 8.12. The number of aliphatic hydroxyl groups excluding tert-OH is 2. The first-order valence-corrected chi connectivity index (χ1v) is 13.9. The smallest absolute Gasteiger partial charge is 0.407 e. The minimum absolute atomic E-state index is 0.0916. The van der Waals surface area contributed by atoms with Crippen molar-refractivity contribution in [1.29, 1.82) is 0 Å². The molecule has 2 fully saturated rings. The van der Waals surface area contributed by atoms with Crippen LogP contribution in [0, 0.1) is 28.6 Å². The Labute approximate surface area is 223 Å². The van der Waals surface area contributed by atoms with Crippen LogP contribution in [0.2, 0.25) is 0 Å². The number of halogens is 1. The zero-order valence-electron chi connectivity index (χ0n) is 22.7. The van der Waals surface area contributed by atoms with Crippen LogP contribution in [-0.2, 0) is 14.3 Å². The molecule has 2 saturated carbocycles. The van der Waals surface area contributed by atoms with Crippen LogP contribution in [0.15, 0.2) is 23.8 Å². The molecule has 0 spiro atoms. The van der Waals surface area contributed by atoms with Gasteiger partial charge in [-0.3, -0.25) is 9.59 Å². The summed E-state index contributed by atoms with van der Waals surface area (Å²) in [6.45, 7) is 5.13. The predicted molar refractivity (Wildman–Crippen MR) is 138 cm³/mol. The molecule has 4 aliphatic carbocycles. The summed E-state index contributed by atoms with van der Waals surface area (Å²) in [6, 6.07) is 0. The van der Waals surface area contributed by atoms with Crippen LogP contribution >= 0.6 is 0 Å². The van der Waals surface area contributed by atoms with Crippen LogP contribution in [0.5, 0.6) is 0 Å². The third kappa shape index (κ3) is 4.25. The molecule has 0 saturated heterocycles. The molecule has 4 N–H and O–H groups in total. The van der Waals surface area contributed by atoms with Gasteiger partial charge in [0.15, 0.2) is 18.1 Å². The molecule has 0 aromatic heterocycles. The molecule has 0 heterocycles. The van der Waals surface area contributed by atoms with E-state index in [1.165, 1.54) is 6.08 Å². The summed E-state index contributed by atoms with van der Waals surface area (Å²) in [4.78, 5) is 37.6. The van der Waals surface area contributed by atoms with Gasteiger partial charge in [-0.25, -0.2) is 9.18 Å². The van der Waals surface area contributed by atoms with Crippen molar-refractivity contribution in [3.63, 3.8) is 0 Å². The van der Waals surface area contributed by atoms with E-state index in [9.17, 15) is 24.6 Å². The molecule has 8 atom stereocenters. The number of ketones is 2. The summed E-state index contributed by atoms with van der Waals surface area (Å²) in [6.07, 6.45) is 6.51. The van der Waals surface area contributed by atoms with Crippen molar-refractivity contribution in [3.8, 4) is 0 Å². The van der Waals surface area contributed by atoms with E-state index in [0.717, 1.165) is 12.8 Å². The third-order valence-corrected chi connectivity index (χ3v) is 10.3. The van der Waals surface area contributed by atoms with Crippen LogP contribution in [-0.4, -0.2) is 70.1 Å². The number of alkyl carbamates (subject to hydrolysis) is 1. The van der Waals surface area contributed by atoms with E-state index in [1.807, 2.05) is 6.08 Å². The Bertz CT molecular complexity index is 1030. The second-order valence-corrected chi connectivity index (χ2v) is 12.2. The molecule has 9 heteroatoms. The minimum Gasteiger partial charge on any atom is -0.441 e. The quantitative estimate of drug-likeness (QED) is 0.263. The first-order chi connectivity index (χ1) is 17.9. The maximum Gasteiger partial charge on any atom is 0.407 e. The zero-order chi connectivity index (χ0) is 27.9. The topological polar surface area (TPSA) is 133 Å². The monoisotopic (exact) mass is 535 g/mol. The van der Waals surface area contributed by atoms with Gasteiger partial charge < -0.3 is 25.4 Å². The average Bonchev–Trinajstić information content (AvgIpc) is 3.07. The number of allylic oxidation sites excluding steroid dienone is 4. The van der Waals surface area contributed by atoms with Crippen molar-refractivity contribution in [2.24, 2.45) is 28.6 Å². The van der Waals surface area contributed by atoms with E-state index in [0.29, 0.717) is 37.8 Å². The van der Waals surface area contributed by atoms with Gasteiger partial charge in [-0.15, -0.1) is 0 Å². The minimum atomic E-state index is -2.04. The molecule has 0 bridgehead atoms. The molecule has 0 radical (unpaired) electrons. The van der Waals surface area contributed by atoms with Crippen molar-refractivity contribution in [2.75, 3.05) is 19.8 Å². The summed E-state index contributed by atoms with van der Waals surface area (Å²) in [5, 5.41) is 34.7. The molecule has 8 nitrogen and oxygen atoms in total. The Morgan fingerprint density at radius 1 is 1.18 bits per heavy atom. The number of hydrogen-bond donors (Lipinski definition) is 4. The lowest BCUT2D eigenvalue weighted by atomic mass is 9.45. The number of rotatable bonds is 9. The van der Waals surface area contributed by atoms with Crippen LogP contribution in [0.1, 0.15) is 72.1 Å². The van der Waals surface area contributed by atoms with Gasteiger partial charge in [0.05, 0.1) is 6.10 Å². The lowest BCUT2D eigenvalue weighted by molar-refractivity contribution is -0.215. The molecule has 1 amide bonds. The second-order valence-electron chi connectivity index (χ2n) is 12.2. The first-order valence-electron chi connectivity index (χ1n) is 13.9. The summed E-state index contributed by atoms with van der Waals surface area (Å²) >= 11 is 0. The fourth-order valence-corrected chi connectivity index (χ4v) is 8.12. The number of hydrogen-bond acceptors (Lipinski definition) is 7. The Hall–Kier alpha value is -2.10. The number of carbonyl (C=O) groups is 3. The second kappa shape index (κ2) is 10.5. The fraction of sp³-hybridized carbons (Fsp3) is 0.759. The number of unbranched alkanes of at least 4 members (excludes halogenated alkanes) is 3. The highest BCUT2D eigenvalue weighted by atomic mass is 19.1. The van der Waals surface area contributed by atoms with E-state index in [2.05, 4.69) is 5.32 Å². The molecule has 212 valence electrons. The molecule has 0 aromatic rings. The van der Waals surface area contributed by atoms with Gasteiger partial charge >= 0.3 is 6.09 Å². The summed E-state index contributed by atoms with van der Waals surface area (Å²) in [5.74, 6) is -2.31. The normalized spacial score (nSPS) is 41.6. The van der Waals surface area contributed by atoms with Gasteiger partial charge in [0.1, 0.15) is 5.60 Å².